The van der Waals surface area contributed by atoms with Crippen molar-refractivity contribution in [1.82, 2.24) is 20.1 Å². The lowest BCUT2D eigenvalue weighted by Gasteiger charge is -2.26. The van der Waals surface area contributed by atoms with E-state index in [1.165, 1.54) is 36.0 Å². The number of nitrogens with zero attached hydrogens (tertiary/aromatic N) is 3. The van der Waals surface area contributed by atoms with Crippen LogP contribution in [0.5, 0.6) is 11.5 Å². The highest BCUT2D eigenvalue weighted by atomic mass is 32.1. The van der Waals surface area contributed by atoms with Gasteiger partial charge in [0.1, 0.15) is 10.7 Å². The number of rotatable bonds is 13. The Hall–Kier alpha value is -2.94. The number of ether oxygens (including phenoxy) is 2. The molecule has 1 saturated heterocycles. The highest BCUT2D eigenvalue weighted by Crippen LogP contribution is 2.28. The summed E-state index contributed by atoms with van der Waals surface area (Å²) in [5.74, 6) is 1.39. The van der Waals surface area contributed by atoms with E-state index in [4.69, 9.17) is 14.5 Å². The average molecular weight is 537 g/mol. The maximum atomic E-state index is 12.7. The molecule has 1 N–H and O–H groups in total. The minimum absolute atomic E-state index is 0.0834. The van der Waals surface area contributed by atoms with Gasteiger partial charge in [0.15, 0.2) is 11.5 Å². The average Bonchev–Trinajstić information content (AvgIpc) is 3.42. The van der Waals surface area contributed by atoms with Gasteiger partial charge in [0, 0.05) is 31.6 Å². The third kappa shape index (κ3) is 8.28. The summed E-state index contributed by atoms with van der Waals surface area (Å²) in [5.41, 5.74) is 4.21. The highest BCUT2D eigenvalue weighted by molar-refractivity contribution is 7.09. The maximum absolute atomic E-state index is 12.7. The molecule has 1 amide bonds. The van der Waals surface area contributed by atoms with Gasteiger partial charge >= 0.3 is 0 Å². The third-order valence-corrected chi connectivity index (χ3v) is 7.83. The van der Waals surface area contributed by atoms with Crippen molar-refractivity contribution < 1.29 is 14.3 Å². The Morgan fingerprint density at radius 3 is 2.47 bits per heavy atom. The number of carbonyl (C=O) groups is 1. The van der Waals surface area contributed by atoms with Crippen molar-refractivity contribution in [3.8, 4) is 11.5 Å². The first kappa shape index (κ1) is 28.1. The Morgan fingerprint density at radius 1 is 1.00 bits per heavy atom. The Bertz CT molecular complexity index is 1160. The summed E-state index contributed by atoms with van der Waals surface area (Å²) in [5, 5.41) is 5.88. The lowest BCUT2D eigenvalue weighted by molar-refractivity contribution is 0.0942. The number of hydrogen-bond donors (Lipinski definition) is 1. The van der Waals surface area contributed by atoms with Gasteiger partial charge in [0.05, 0.1) is 20.8 Å². The number of thiazole rings is 1. The van der Waals surface area contributed by atoms with Crippen molar-refractivity contribution in [2.45, 2.75) is 45.7 Å². The Morgan fingerprint density at radius 2 is 1.74 bits per heavy atom. The van der Waals surface area contributed by atoms with Gasteiger partial charge in [-0.15, -0.1) is 11.3 Å². The summed E-state index contributed by atoms with van der Waals surface area (Å²) in [7, 11) is 3.31. The Labute approximate surface area is 230 Å². The quantitative estimate of drug-likeness (QED) is 0.334. The van der Waals surface area contributed by atoms with E-state index in [1.54, 1.807) is 25.6 Å². The van der Waals surface area contributed by atoms with Crippen molar-refractivity contribution in [2.75, 3.05) is 46.9 Å². The monoisotopic (exact) mass is 536 g/mol. The summed E-state index contributed by atoms with van der Waals surface area (Å²) in [4.78, 5) is 22.2. The van der Waals surface area contributed by atoms with E-state index in [2.05, 4.69) is 52.4 Å². The Balaban J connectivity index is 1.37. The van der Waals surface area contributed by atoms with E-state index in [0.29, 0.717) is 18.8 Å². The molecule has 1 aromatic heterocycles. The van der Waals surface area contributed by atoms with Crippen LogP contribution in [0.2, 0.25) is 0 Å². The molecule has 204 valence electrons. The van der Waals surface area contributed by atoms with Crippen LogP contribution in [0.3, 0.4) is 0 Å². The van der Waals surface area contributed by atoms with Gasteiger partial charge in [-0.1, -0.05) is 42.3 Å². The first-order chi connectivity index (χ1) is 18.5. The van der Waals surface area contributed by atoms with E-state index < -0.39 is 0 Å². The van der Waals surface area contributed by atoms with Crippen LogP contribution in [0.25, 0.3) is 0 Å². The van der Waals surface area contributed by atoms with Crippen LogP contribution < -0.4 is 14.8 Å². The molecule has 0 bridgehead atoms. The van der Waals surface area contributed by atoms with E-state index in [0.717, 1.165) is 55.7 Å². The number of nitrogens with one attached hydrogen (secondary N) is 1. The molecule has 1 aliphatic heterocycles. The second-order valence-corrected chi connectivity index (χ2v) is 10.9. The van der Waals surface area contributed by atoms with Crippen LogP contribution >= 0.6 is 11.3 Å². The third-order valence-electron chi connectivity index (χ3n) is 7.00. The standard InChI is InChI=1S/C30H40N4O3S/c1-23-7-9-25(10-8-23)20-34(17-13-24-11-12-27(36-2)28(19-24)37-3)21-29-32-26(22-38-29)30(35)31-14-18-33-15-5-4-6-16-33/h7-12,19,22H,4-6,13-18,20-21H2,1-3H3,(H,31,35). The normalized spacial score (nSPS) is 14.0. The molecule has 2 aromatic carbocycles. The zero-order valence-corrected chi connectivity index (χ0v) is 23.7. The maximum Gasteiger partial charge on any atom is 0.270 e. The predicted molar refractivity (Wildman–Crippen MR) is 153 cm³/mol. The number of hydrogen-bond acceptors (Lipinski definition) is 7. The second kappa shape index (κ2) is 14.3. The van der Waals surface area contributed by atoms with E-state index in [1.807, 2.05) is 17.5 Å². The molecule has 4 rings (SSSR count). The molecule has 1 aliphatic rings. The number of benzene rings is 2. The van der Waals surface area contributed by atoms with Crippen LogP contribution in [-0.4, -0.2) is 67.6 Å². The van der Waals surface area contributed by atoms with Crippen LogP contribution in [0.1, 0.15) is 51.4 Å². The molecule has 0 atom stereocenters. The van der Waals surface area contributed by atoms with E-state index in [-0.39, 0.29) is 5.91 Å². The molecule has 8 heteroatoms. The van der Waals surface area contributed by atoms with Gasteiger partial charge in [-0.25, -0.2) is 4.98 Å². The van der Waals surface area contributed by atoms with Crippen molar-refractivity contribution in [3.05, 3.63) is 75.2 Å². The van der Waals surface area contributed by atoms with Crippen LogP contribution in [-0.2, 0) is 19.5 Å². The van der Waals surface area contributed by atoms with Gasteiger partial charge in [-0.2, -0.15) is 0 Å². The zero-order valence-electron chi connectivity index (χ0n) is 22.9. The molecule has 0 aliphatic carbocycles. The number of methoxy groups -OCH3 is 2. The summed E-state index contributed by atoms with van der Waals surface area (Å²) in [6, 6.07) is 14.7. The molecular formula is C30H40N4O3S. The summed E-state index contributed by atoms with van der Waals surface area (Å²) in [6.07, 6.45) is 4.70. The molecule has 3 aromatic rings. The van der Waals surface area contributed by atoms with Crippen LogP contribution in [0.15, 0.2) is 47.8 Å². The van der Waals surface area contributed by atoms with Crippen molar-refractivity contribution in [1.29, 1.82) is 0 Å². The molecule has 0 radical (unpaired) electrons. The van der Waals surface area contributed by atoms with Crippen LogP contribution in [0, 0.1) is 6.92 Å². The molecule has 0 saturated carbocycles. The Kier molecular flexibility index (Phi) is 10.6. The summed E-state index contributed by atoms with van der Waals surface area (Å²) >= 11 is 1.55. The lowest BCUT2D eigenvalue weighted by atomic mass is 10.1. The summed E-state index contributed by atoms with van der Waals surface area (Å²) < 4.78 is 10.9. The number of aromatic nitrogens is 1. The van der Waals surface area contributed by atoms with Gasteiger partial charge in [0.25, 0.3) is 5.91 Å². The topological polar surface area (TPSA) is 66.9 Å². The number of piperidine rings is 1. The molecule has 2 heterocycles. The first-order valence-corrected chi connectivity index (χ1v) is 14.4. The highest BCUT2D eigenvalue weighted by Gasteiger charge is 2.16. The fourth-order valence-corrected chi connectivity index (χ4v) is 5.58. The number of amides is 1. The zero-order chi connectivity index (χ0) is 26.7. The fourth-order valence-electron chi connectivity index (χ4n) is 4.77. The number of carbonyl (C=O) groups excluding carboxylic acids is 1. The first-order valence-electron chi connectivity index (χ1n) is 13.5. The van der Waals surface area contributed by atoms with E-state index >= 15 is 0 Å². The molecule has 0 unspecified atom stereocenters. The minimum Gasteiger partial charge on any atom is -0.493 e. The fraction of sp³-hybridized carbons (Fsp3) is 0.467. The minimum atomic E-state index is -0.0834. The molecule has 7 nitrogen and oxygen atoms in total. The SMILES string of the molecule is COc1ccc(CCN(Cc2ccc(C)cc2)Cc2nc(C(=O)NCCN3CCCCC3)cs2)cc1OC. The van der Waals surface area contributed by atoms with Gasteiger partial charge < -0.3 is 19.7 Å². The number of likely N-dealkylation sites (tertiary alicyclic amines) is 1. The van der Waals surface area contributed by atoms with Gasteiger partial charge in [-0.3, -0.25) is 9.69 Å². The molecule has 1 fully saturated rings. The molecule has 0 spiro atoms. The lowest BCUT2D eigenvalue weighted by Crippen LogP contribution is -2.37. The summed E-state index contributed by atoms with van der Waals surface area (Å²) in [6.45, 7) is 8.29. The van der Waals surface area contributed by atoms with Gasteiger partial charge in [-0.05, 0) is 62.5 Å². The van der Waals surface area contributed by atoms with Gasteiger partial charge in [0.2, 0.25) is 0 Å². The van der Waals surface area contributed by atoms with Crippen molar-refractivity contribution in [3.63, 3.8) is 0 Å². The molecular weight excluding hydrogens is 496 g/mol. The second-order valence-electron chi connectivity index (χ2n) is 9.92. The van der Waals surface area contributed by atoms with Crippen molar-refractivity contribution in [2.24, 2.45) is 0 Å². The smallest absolute Gasteiger partial charge is 0.270 e. The van der Waals surface area contributed by atoms with Crippen molar-refractivity contribution >= 4 is 17.2 Å². The largest absolute Gasteiger partial charge is 0.493 e. The van der Waals surface area contributed by atoms with E-state index in [9.17, 15) is 4.79 Å². The number of aryl methyl sites for hydroxylation is 1. The molecule has 38 heavy (non-hydrogen) atoms. The van der Waals surface area contributed by atoms with Crippen LogP contribution in [0.4, 0.5) is 0 Å². The predicted octanol–water partition coefficient (Wildman–Crippen LogP) is 4.93.